The van der Waals surface area contributed by atoms with Crippen molar-refractivity contribution in [1.82, 2.24) is 23.8 Å². The molecule has 2 bridgehead atoms. The number of pyridine rings is 2. The van der Waals surface area contributed by atoms with E-state index in [4.69, 9.17) is 0 Å². The van der Waals surface area contributed by atoms with Crippen molar-refractivity contribution in [1.29, 1.82) is 0 Å². The summed E-state index contributed by atoms with van der Waals surface area (Å²) in [5.41, 5.74) is 2.36. The predicted molar refractivity (Wildman–Crippen MR) is 110 cm³/mol. The topological polar surface area (TPSA) is 62.9 Å². The van der Waals surface area contributed by atoms with Crippen LogP contribution in [0.3, 0.4) is 0 Å². The second-order valence-electron chi connectivity index (χ2n) is 8.48. The summed E-state index contributed by atoms with van der Waals surface area (Å²) < 4.78 is 3.85. The van der Waals surface area contributed by atoms with Crippen molar-refractivity contribution >= 4 is 11.6 Å². The molecule has 1 amide bonds. The van der Waals surface area contributed by atoms with Gasteiger partial charge in [0, 0.05) is 49.7 Å². The first-order valence-corrected chi connectivity index (χ1v) is 10.1. The number of carbonyl (C=O) groups is 1. The van der Waals surface area contributed by atoms with Gasteiger partial charge >= 0.3 is 0 Å². The van der Waals surface area contributed by atoms with E-state index in [1.165, 1.54) is 0 Å². The summed E-state index contributed by atoms with van der Waals surface area (Å²) in [5, 5.41) is 0. The van der Waals surface area contributed by atoms with Crippen LogP contribution in [0, 0.1) is 5.92 Å². The fraction of sp³-hybridized carbons (Fsp3) is 0.409. The van der Waals surface area contributed by atoms with E-state index in [9.17, 15) is 9.59 Å². The standard InChI is InChI=1S/C22H25N5O2/c1-24(2)14-19-16-10-15(18-6-5-8-21(28)27(18)19)11-26(12-16)22(29)17-13-25-9-4-3-7-20(25)23-17/h3-9,13,15-16,19H,10-12,14H2,1-2H3/t15-,16+,19+/m1/s1. The Bertz CT molecular complexity index is 1100. The van der Waals surface area contributed by atoms with Gasteiger partial charge in [-0.1, -0.05) is 12.1 Å². The third-order valence-corrected chi connectivity index (χ3v) is 6.22. The molecule has 29 heavy (non-hydrogen) atoms. The molecule has 0 aliphatic carbocycles. The Morgan fingerprint density at radius 1 is 1.17 bits per heavy atom. The smallest absolute Gasteiger partial charge is 0.274 e. The van der Waals surface area contributed by atoms with Crippen molar-refractivity contribution in [2.75, 3.05) is 33.7 Å². The quantitative estimate of drug-likeness (QED) is 0.684. The zero-order valence-electron chi connectivity index (χ0n) is 16.7. The van der Waals surface area contributed by atoms with Crippen molar-refractivity contribution < 1.29 is 4.79 Å². The van der Waals surface area contributed by atoms with E-state index in [2.05, 4.69) is 9.88 Å². The number of piperidine rings is 1. The first-order valence-electron chi connectivity index (χ1n) is 10.1. The minimum absolute atomic E-state index is 0.0290. The van der Waals surface area contributed by atoms with Crippen LogP contribution in [0.5, 0.6) is 0 Å². The summed E-state index contributed by atoms with van der Waals surface area (Å²) in [6.45, 7) is 2.06. The number of hydrogen-bond donors (Lipinski definition) is 0. The molecule has 3 aromatic heterocycles. The zero-order chi connectivity index (χ0) is 20.1. The Kier molecular flexibility index (Phi) is 4.28. The van der Waals surface area contributed by atoms with E-state index >= 15 is 0 Å². The molecular formula is C22H25N5O2. The number of fused-ring (bicyclic) bond motifs is 5. The van der Waals surface area contributed by atoms with Crippen LogP contribution in [0.2, 0.25) is 0 Å². The molecule has 0 unspecified atom stereocenters. The summed E-state index contributed by atoms with van der Waals surface area (Å²) in [7, 11) is 4.06. The second-order valence-corrected chi connectivity index (χ2v) is 8.48. The fourth-order valence-corrected chi connectivity index (χ4v) is 5.02. The van der Waals surface area contributed by atoms with Gasteiger partial charge in [-0.2, -0.15) is 0 Å². The van der Waals surface area contributed by atoms with Crippen molar-refractivity contribution in [3.8, 4) is 0 Å². The van der Waals surface area contributed by atoms with Crippen LogP contribution in [0.15, 0.2) is 53.6 Å². The summed E-state index contributed by atoms with van der Waals surface area (Å²) in [6.07, 6.45) is 4.72. The Balaban J connectivity index is 1.50. The first kappa shape index (κ1) is 18.1. The Hall–Kier alpha value is -2.93. The lowest BCUT2D eigenvalue weighted by atomic mass is 9.78. The fourth-order valence-electron chi connectivity index (χ4n) is 5.02. The average Bonchev–Trinajstić information content (AvgIpc) is 3.14. The molecule has 3 aromatic rings. The summed E-state index contributed by atoms with van der Waals surface area (Å²) in [6, 6.07) is 11.3. The number of likely N-dealkylation sites (tertiary alicyclic amines) is 1. The van der Waals surface area contributed by atoms with E-state index < -0.39 is 0 Å². The first-order chi connectivity index (χ1) is 14.0. The lowest BCUT2D eigenvalue weighted by molar-refractivity contribution is 0.0494. The van der Waals surface area contributed by atoms with E-state index in [-0.39, 0.29) is 29.3 Å². The van der Waals surface area contributed by atoms with Crippen LogP contribution in [0.1, 0.15) is 34.6 Å². The molecule has 2 aliphatic heterocycles. The summed E-state index contributed by atoms with van der Waals surface area (Å²) >= 11 is 0. The van der Waals surface area contributed by atoms with Gasteiger partial charge in [0.05, 0.1) is 6.04 Å². The number of imidazole rings is 1. The molecule has 1 fully saturated rings. The van der Waals surface area contributed by atoms with E-state index in [1.54, 1.807) is 12.3 Å². The third-order valence-electron chi connectivity index (χ3n) is 6.22. The van der Waals surface area contributed by atoms with Gasteiger partial charge in [-0.3, -0.25) is 9.59 Å². The maximum absolute atomic E-state index is 13.3. The monoisotopic (exact) mass is 391 g/mol. The van der Waals surface area contributed by atoms with Crippen LogP contribution in [-0.4, -0.2) is 63.4 Å². The zero-order valence-corrected chi connectivity index (χ0v) is 16.7. The molecule has 0 saturated carbocycles. The van der Waals surface area contributed by atoms with Gasteiger partial charge in [0.25, 0.3) is 11.5 Å². The van der Waals surface area contributed by atoms with Crippen LogP contribution < -0.4 is 5.56 Å². The number of aromatic nitrogens is 3. The molecule has 0 radical (unpaired) electrons. The van der Waals surface area contributed by atoms with Gasteiger partial charge < -0.3 is 18.8 Å². The van der Waals surface area contributed by atoms with Gasteiger partial charge in [0.2, 0.25) is 0 Å². The average molecular weight is 391 g/mol. The van der Waals surface area contributed by atoms with Crippen molar-refractivity contribution in [2.45, 2.75) is 18.4 Å². The minimum atomic E-state index is -0.0290. The van der Waals surface area contributed by atoms with Gasteiger partial charge in [0.15, 0.2) is 0 Å². The molecule has 0 aromatic carbocycles. The number of likely N-dealkylation sites (N-methyl/N-ethyl adjacent to an activating group) is 1. The highest BCUT2D eigenvalue weighted by atomic mass is 16.2. The maximum atomic E-state index is 13.3. The summed E-state index contributed by atoms with van der Waals surface area (Å²) in [4.78, 5) is 34.5. The van der Waals surface area contributed by atoms with Crippen molar-refractivity contribution in [3.63, 3.8) is 0 Å². The van der Waals surface area contributed by atoms with Gasteiger partial charge in [-0.05, 0) is 44.6 Å². The van der Waals surface area contributed by atoms with Crippen LogP contribution >= 0.6 is 0 Å². The molecule has 5 rings (SSSR count). The van der Waals surface area contributed by atoms with E-state index in [0.717, 1.165) is 24.3 Å². The molecule has 1 saturated heterocycles. The number of amides is 1. The molecule has 7 heteroatoms. The predicted octanol–water partition coefficient (Wildman–Crippen LogP) is 1.86. The molecule has 7 nitrogen and oxygen atoms in total. The Morgan fingerprint density at radius 2 is 2.03 bits per heavy atom. The lowest BCUT2D eigenvalue weighted by Gasteiger charge is -2.47. The Labute approximate surface area is 169 Å². The lowest BCUT2D eigenvalue weighted by Crippen LogP contribution is -2.52. The number of rotatable bonds is 3. The summed E-state index contributed by atoms with van der Waals surface area (Å²) in [5.74, 6) is 0.408. The highest BCUT2D eigenvalue weighted by molar-refractivity contribution is 5.93. The number of hydrogen-bond acceptors (Lipinski definition) is 4. The highest BCUT2D eigenvalue weighted by Crippen LogP contribution is 2.41. The molecule has 3 atom stereocenters. The van der Waals surface area contributed by atoms with Crippen LogP contribution in [0.4, 0.5) is 0 Å². The minimum Gasteiger partial charge on any atom is -0.336 e. The van der Waals surface area contributed by atoms with E-state index in [0.29, 0.717) is 18.8 Å². The Morgan fingerprint density at radius 3 is 2.83 bits per heavy atom. The molecular weight excluding hydrogens is 366 g/mol. The SMILES string of the molecule is CN(C)C[C@H]1[C@H]2C[C@H](CN(C(=O)c3cn4ccccc4n3)C2)c2cccc(=O)n21. The highest BCUT2D eigenvalue weighted by Gasteiger charge is 2.42. The van der Waals surface area contributed by atoms with Gasteiger partial charge in [0.1, 0.15) is 11.3 Å². The molecule has 150 valence electrons. The molecule has 0 N–H and O–H groups in total. The molecule has 2 aliphatic rings. The van der Waals surface area contributed by atoms with Crippen molar-refractivity contribution in [2.24, 2.45) is 5.92 Å². The largest absolute Gasteiger partial charge is 0.336 e. The van der Waals surface area contributed by atoms with Crippen molar-refractivity contribution in [3.05, 3.63) is 70.5 Å². The normalized spacial score (nSPS) is 23.4. The van der Waals surface area contributed by atoms with Gasteiger partial charge in [-0.25, -0.2) is 4.98 Å². The third kappa shape index (κ3) is 3.06. The molecule has 5 heterocycles. The van der Waals surface area contributed by atoms with Crippen LogP contribution in [0.25, 0.3) is 5.65 Å². The van der Waals surface area contributed by atoms with Crippen LogP contribution in [-0.2, 0) is 0 Å². The van der Waals surface area contributed by atoms with E-state index in [1.807, 2.05) is 64.5 Å². The maximum Gasteiger partial charge on any atom is 0.274 e. The molecule has 0 spiro atoms. The second kappa shape index (κ2) is 6.84. The number of nitrogens with zero attached hydrogens (tertiary/aromatic N) is 5. The van der Waals surface area contributed by atoms with Gasteiger partial charge in [-0.15, -0.1) is 0 Å². The number of carbonyl (C=O) groups excluding carboxylic acids is 1.